The molecule has 0 aliphatic rings. The Balaban J connectivity index is 2.23. The van der Waals surface area contributed by atoms with E-state index in [1.807, 2.05) is 13.0 Å². The summed E-state index contributed by atoms with van der Waals surface area (Å²) in [6.07, 6.45) is 3.75. The van der Waals surface area contributed by atoms with Crippen LogP contribution in [0.4, 0.5) is 5.69 Å². The Morgan fingerprint density at radius 1 is 1.39 bits per heavy atom. The molecule has 0 radical (unpaired) electrons. The molecule has 0 bridgehead atoms. The average Bonchev–Trinajstić information content (AvgIpc) is 2.86. The van der Waals surface area contributed by atoms with Gasteiger partial charge in [0.05, 0.1) is 35.0 Å². The van der Waals surface area contributed by atoms with Gasteiger partial charge in [-0.1, -0.05) is 25.5 Å². The largest absolute Gasteiger partial charge is 0.276 e. The molecule has 0 amide bonds. The molecule has 122 valence electrons. The average molecular weight is 332 g/mol. The minimum Gasteiger partial charge on any atom is -0.276 e. The predicted molar refractivity (Wildman–Crippen MR) is 88.4 cm³/mol. The van der Waals surface area contributed by atoms with Gasteiger partial charge in [-0.05, 0) is 31.0 Å². The topological polar surface area (TPSA) is 87.8 Å². The number of nitrogens with one attached hydrogen (secondary N) is 1. The van der Waals surface area contributed by atoms with Gasteiger partial charge in [0.1, 0.15) is 0 Å². The lowest BCUT2D eigenvalue weighted by Gasteiger charge is -2.09. The van der Waals surface area contributed by atoms with Gasteiger partial charge < -0.3 is 0 Å². The van der Waals surface area contributed by atoms with Crippen molar-refractivity contribution in [3.8, 4) is 6.07 Å². The third-order valence-corrected chi connectivity index (χ3v) is 4.93. The molecule has 6 nitrogen and oxygen atoms in total. The SMILES string of the molecule is CCCCn1ncc(NS(=O)(=O)c2cccc(CC#N)c2)c1C. The lowest BCUT2D eigenvalue weighted by molar-refractivity contribution is 0.559. The standard InChI is InChI=1S/C16H20N4O2S/c1-3-4-10-20-13(2)16(12-18-20)19-23(21,22)15-7-5-6-14(11-15)8-9-17/h5-7,11-12,19H,3-4,8,10H2,1-2H3. The number of nitrogens with zero attached hydrogens (tertiary/aromatic N) is 3. The van der Waals surface area contributed by atoms with Crippen LogP contribution < -0.4 is 4.72 Å². The van der Waals surface area contributed by atoms with Crippen molar-refractivity contribution in [3.05, 3.63) is 41.7 Å². The molecule has 0 saturated heterocycles. The molecule has 0 unspecified atom stereocenters. The van der Waals surface area contributed by atoms with Crippen molar-refractivity contribution in [2.24, 2.45) is 0 Å². The maximum Gasteiger partial charge on any atom is 0.262 e. The van der Waals surface area contributed by atoms with E-state index in [9.17, 15) is 8.42 Å². The van der Waals surface area contributed by atoms with E-state index in [0.29, 0.717) is 11.3 Å². The van der Waals surface area contributed by atoms with Crippen LogP contribution in [-0.4, -0.2) is 18.2 Å². The molecule has 0 aliphatic carbocycles. The van der Waals surface area contributed by atoms with Crippen molar-refractivity contribution in [3.63, 3.8) is 0 Å². The van der Waals surface area contributed by atoms with E-state index < -0.39 is 10.0 Å². The highest BCUT2D eigenvalue weighted by molar-refractivity contribution is 7.92. The van der Waals surface area contributed by atoms with Gasteiger partial charge >= 0.3 is 0 Å². The van der Waals surface area contributed by atoms with E-state index >= 15 is 0 Å². The Kier molecular flexibility index (Phi) is 5.40. The van der Waals surface area contributed by atoms with Gasteiger partial charge in [-0.3, -0.25) is 9.40 Å². The third kappa shape index (κ3) is 4.11. The minimum atomic E-state index is -3.70. The Labute approximate surface area is 136 Å². The first-order valence-electron chi connectivity index (χ1n) is 7.49. The van der Waals surface area contributed by atoms with Crippen LogP contribution in [0.5, 0.6) is 0 Å². The summed E-state index contributed by atoms with van der Waals surface area (Å²) >= 11 is 0. The number of nitriles is 1. The zero-order valence-electron chi connectivity index (χ0n) is 13.3. The molecular weight excluding hydrogens is 312 g/mol. The van der Waals surface area contributed by atoms with E-state index in [2.05, 4.69) is 16.7 Å². The first-order chi connectivity index (χ1) is 11.0. The number of hydrogen-bond acceptors (Lipinski definition) is 4. The number of unbranched alkanes of at least 4 members (excludes halogenated alkanes) is 1. The molecule has 0 saturated carbocycles. The second-order valence-corrected chi connectivity index (χ2v) is 6.99. The highest BCUT2D eigenvalue weighted by atomic mass is 32.2. The van der Waals surface area contributed by atoms with E-state index in [1.165, 1.54) is 18.3 Å². The van der Waals surface area contributed by atoms with Crippen molar-refractivity contribution in [1.29, 1.82) is 5.26 Å². The fourth-order valence-corrected chi connectivity index (χ4v) is 3.37. The second-order valence-electron chi connectivity index (χ2n) is 5.31. The Hall–Kier alpha value is -2.33. The van der Waals surface area contributed by atoms with Crippen molar-refractivity contribution >= 4 is 15.7 Å². The first kappa shape index (κ1) is 17.0. The summed E-state index contributed by atoms with van der Waals surface area (Å²) < 4.78 is 29.4. The molecule has 1 aromatic heterocycles. The molecule has 1 N–H and O–H groups in total. The Morgan fingerprint density at radius 3 is 2.87 bits per heavy atom. The van der Waals surface area contributed by atoms with Crippen LogP contribution in [0.2, 0.25) is 0 Å². The number of aryl methyl sites for hydroxylation is 1. The number of rotatable bonds is 7. The van der Waals surface area contributed by atoms with Crippen LogP contribution in [0.3, 0.4) is 0 Å². The lowest BCUT2D eigenvalue weighted by atomic mass is 10.2. The summed E-state index contributed by atoms with van der Waals surface area (Å²) in [5.41, 5.74) is 1.94. The molecule has 1 heterocycles. The van der Waals surface area contributed by atoms with Gasteiger partial charge in [-0.15, -0.1) is 0 Å². The van der Waals surface area contributed by atoms with Crippen LogP contribution >= 0.6 is 0 Å². The maximum absolute atomic E-state index is 12.5. The van der Waals surface area contributed by atoms with Crippen molar-refractivity contribution in [2.45, 2.75) is 44.6 Å². The van der Waals surface area contributed by atoms with Crippen molar-refractivity contribution < 1.29 is 8.42 Å². The fourth-order valence-electron chi connectivity index (χ4n) is 2.20. The van der Waals surface area contributed by atoms with Crippen LogP contribution in [0.1, 0.15) is 31.0 Å². The van der Waals surface area contributed by atoms with Crippen LogP contribution in [0.15, 0.2) is 35.4 Å². The molecule has 23 heavy (non-hydrogen) atoms. The number of aromatic nitrogens is 2. The monoisotopic (exact) mass is 332 g/mol. The van der Waals surface area contributed by atoms with Gasteiger partial charge in [0.15, 0.2) is 0 Å². The van der Waals surface area contributed by atoms with Crippen LogP contribution in [0.25, 0.3) is 0 Å². The van der Waals surface area contributed by atoms with Gasteiger partial charge in [0, 0.05) is 6.54 Å². The molecule has 0 aliphatic heterocycles. The van der Waals surface area contributed by atoms with Crippen LogP contribution in [-0.2, 0) is 23.0 Å². The molecule has 2 aromatic rings. The molecule has 0 atom stereocenters. The molecule has 0 fully saturated rings. The van der Waals surface area contributed by atoms with Gasteiger partial charge in [0.25, 0.3) is 10.0 Å². The highest BCUT2D eigenvalue weighted by Crippen LogP contribution is 2.20. The second kappa shape index (κ2) is 7.29. The molecule has 1 aromatic carbocycles. The van der Waals surface area contributed by atoms with E-state index in [1.54, 1.807) is 16.8 Å². The Bertz CT molecular complexity index is 819. The molecule has 0 spiro atoms. The minimum absolute atomic E-state index is 0.144. The van der Waals surface area contributed by atoms with Gasteiger partial charge in [0.2, 0.25) is 0 Å². The maximum atomic E-state index is 12.5. The number of anilines is 1. The summed E-state index contributed by atoms with van der Waals surface area (Å²) in [6, 6.07) is 8.42. The van der Waals surface area contributed by atoms with Crippen LogP contribution in [0, 0.1) is 18.3 Å². The molecular formula is C16H20N4O2S. The number of sulfonamides is 1. The summed E-state index contributed by atoms with van der Waals surface area (Å²) in [6.45, 7) is 4.70. The van der Waals surface area contributed by atoms with E-state index in [4.69, 9.17) is 5.26 Å². The molecule has 2 rings (SSSR count). The normalized spacial score (nSPS) is 11.2. The molecule has 7 heteroatoms. The van der Waals surface area contributed by atoms with Gasteiger partial charge in [-0.25, -0.2) is 8.42 Å². The fraction of sp³-hybridized carbons (Fsp3) is 0.375. The zero-order valence-corrected chi connectivity index (χ0v) is 14.1. The zero-order chi connectivity index (χ0) is 16.9. The number of benzene rings is 1. The Morgan fingerprint density at radius 2 is 2.17 bits per heavy atom. The quantitative estimate of drug-likeness (QED) is 0.844. The summed E-state index contributed by atoms with van der Waals surface area (Å²) in [4.78, 5) is 0.144. The summed E-state index contributed by atoms with van der Waals surface area (Å²) in [5.74, 6) is 0. The number of hydrogen-bond donors (Lipinski definition) is 1. The smallest absolute Gasteiger partial charge is 0.262 e. The highest BCUT2D eigenvalue weighted by Gasteiger charge is 2.17. The van der Waals surface area contributed by atoms with Crippen molar-refractivity contribution in [2.75, 3.05) is 4.72 Å². The predicted octanol–water partition coefficient (Wildman–Crippen LogP) is 2.86. The summed E-state index contributed by atoms with van der Waals surface area (Å²) in [7, 11) is -3.70. The van der Waals surface area contributed by atoms with Gasteiger partial charge in [-0.2, -0.15) is 10.4 Å². The first-order valence-corrected chi connectivity index (χ1v) is 8.97. The third-order valence-electron chi connectivity index (χ3n) is 3.56. The van der Waals surface area contributed by atoms with E-state index in [-0.39, 0.29) is 11.3 Å². The summed E-state index contributed by atoms with van der Waals surface area (Å²) in [5, 5.41) is 13.0. The van der Waals surface area contributed by atoms with E-state index in [0.717, 1.165) is 25.1 Å². The lowest BCUT2D eigenvalue weighted by Crippen LogP contribution is -2.14. The van der Waals surface area contributed by atoms with Crippen molar-refractivity contribution in [1.82, 2.24) is 9.78 Å².